The molecule has 4 nitrogen and oxygen atoms in total. The van der Waals surface area contributed by atoms with E-state index >= 15 is 0 Å². The molecule has 0 bridgehead atoms. The summed E-state index contributed by atoms with van der Waals surface area (Å²) in [5.41, 5.74) is 8.91. The lowest BCUT2D eigenvalue weighted by Gasteiger charge is -2.08. The van der Waals surface area contributed by atoms with E-state index in [1.165, 1.54) is 0 Å². The monoisotopic (exact) mass is 321 g/mol. The highest BCUT2D eigenvalue weighted by Gasteiger charge is 2.11. The Morgan fingerprint density at radius 1 is 1.32 bits per heavy atom. The molecule has 0 spiro atoms. The van der Waals surface area contributed by atoms with E-state index in [1.54, 1.807) is 6.07 Å². The van der Waals surface area contributed by atoms with E-state index in [9.17, 15) is 4.79 Å². The van der Waals surface area contributed by atoms with Crippen LogP contribution in [0.3, 0.4) is 0 Å². The van der Waals surface area contributed by atoms with Crippen LogP contribution in [-0.4, -0.2) is 15.7 Å². The number of nitrogens with zero attached hydrogens (tertiary/aromatic N) is 2. The van der Waals surface area contributed by atoms with Crippen molar-refractivity contribution in [3.8, 4) is 5.69 Å². The molecule has 2 aromatic rings. The number of primary amides is 1. The first-order valence-electron chi connectivity index (χ1n) is 6.24. The predicted molar refractivity (Wildman–Crippen MR) is 78.5 cm³/mol. The van der Waals surface area contributed by atoms with E-state index in [0.717, 1.165) is 29.9 Å². The van der Waals surface area contributed by atoms with Crippen LogP contribution in [0.15, 0.2) is 28.7 Å². The molecule has 1 amide bonds. The largest absolute Gasteiger partial charge is 0.366 e. The predicted octanol–water partition coefficient (Wildman–Crippen LogP) is 2.86. The van der Waals surface area contributed by atoms with Gasteiger partial charge in [0.2, 0.25) is 5.91 Å². The van der Waals surface area contributed by atoms with Crippen LogP contribution < -0.4 is 5.73 Å². The van der Waals surface area contributed by atoms with Crippen molar-refractivity contribution in [2.45, 2.75) is 26.7 Å². The third-order valence-corrected chi connectivity index (χ3v) is 3.68. The molecule has 0 aliphatic heterocycles. The van der Waals surface area contributed by atoms with Gasteiger partial charge in [-0.15, -0.1) is 0 Å². The van der Waals surface area contributed by atoms with Crippen molar-refractivity contribution >= 4 is 21.8 Å². The summed E-state index contributed by atoms with van der Waals surface area (Å²) in [5, 5.41) is 4.57. The van der Waals surface area contributed by atoms with Gasteiger partial charge < -0.3 is 5.73 Å². The lowest BCUT2D eigenvalue weighted by Crippen LogP contribution is -2.12. The maximum atomic E-state index is 11.2. The van der Waals surface area contributed by atoms with Gasteiger partial charge in [0.05, 0.1) is 16.9 Å². The highest BCUT2D eigenvalue weighted by Crippen LogP contribution is 2.22. The van der Waals surface area contributed by atoms with Crippen LogP contribution in [0.5, 0.6) is 0 Å². The lowest BCUT2D eigenvalue weighted by molar-refractivity contribution is 0.0999. The van der Waals surface area contributed by atoms with Crippen molar-refractivity contribution in [1.29, 1.82) is 0 Å². The molecule has 0 unspecified atom stereocenters. The van der Waals surface area contributed by atoms with Gasteiger partial charge in [0.25, 0.3) is 0 Å². The molecule has 2 N–H and O–H groups in total. The smallest absolute Gasteiger partial charge is 0.249 e. The van der Waals surface area contributed by atoms with Crippen molar-refractivity contribution in [1.82, 2.24) is 9.78 Å². The number of amides is 1. The van der Waals surface area contributed by atoms with Gasteiger partial charge in [-0.2, -0.15) is 5.10 Å². The number of benzene rings is 1. The molecular weight excluding hydrogens is 306 g/mol. The van der Waals surface area contributed by atoms with Gasteiger partial charge in [-0.1, -0.05) is 13.8 Å². The number of hydrogen-bond acceptors (Lipinski definition) is 2. The molecular formula is C14H16BrN3O. The molecule has 5 heteroatoms. The first kappa shape index (κ1) is 13.8. The third kappa shape index (κ3) is 2.71. The van der Waals surface area contributed by atoms with Crippen molar-refractivity contribution in [3.05, 3.63) is 45.7 Å². The number of aryl methyl sites for hydroxylation is 2. The first-order valence-corrected chi connectivity index (χ1v) is 7.03. The Hall–Kier alpha value is -1.62. The second-order valence-corrected chi connectivity index (χ2v) is 5.13. The summed E-state index contributed by atoms with van der Waals surface area (Å²) in [6, 6.07) is 7.55. The Kier molecular flexibility index (Phi) is 4.04. The Morgan fingerprint density at radius 3 is 2.58 bits per heavy atom. The van der Waals surface area contributed by atoms with Gasteiger partial charge in [0.15, 0.2) is 0 Å². The second-order valence-electron chi connectivity index (χ2n) is 4.27. The van der Waals surface area contributed by atoms with Crippen LogP contribution in [0.4, 0.5) is 0 Å². The number of halogens is 1. The number of carbonyl (C=O) groups is 1. The normalized spacial score (nSPS) is 10.7. The lowest BCUT2D eigenvalue weighted by atomic mass is 10.2. The molecule has 1 aromatic heterocycles. The van der Waals surface area contributed by atoms with Gasteiger partial charge in [-0.05, 0) is 53.0 Å². The molecule has 0 radical (unpaired) electrons. The summed E-state index contributed by atoms with van der Waals surface area (Å²) in [5.74, 6) is -0.441. The van der Waals surface area contributed by atoms with E-state index in [-0.39, 0.29) is 0 Å². The molecule has 1 heterocycles. The second kappa shape index (κ2) is 5.57. The van der Waals surface area contributed by atoms with Crippen molar-refractivity contribution in [2.24, 2.45) is 5.73 Å². The Bertz CT molecular complexity index is 619. The molecule has 0 aliphatic rings. The van der Waals surface area contributed by atoms with E-state index in [4.69, 9.17) is 5.73 Å². The zero-order chi connectivity index (χ0) is 14.0. The van der Waals surface area contributed by atoms with Gasteiger partial charge in [-0.3, -0.25) is 4.79 Å². The van der Waals surface area contributed by atoms with E-state index < -0.39 is 5.91 Å². The number of carbonyl (C=O) groups excluding carboxylic acids is 1. The molecule has 0 saturated heterocycles. The Morgan fingerprint density at radius 2 is 2.05 bits per heavy atom. The Labute approximate surface area is 120 Å². The van der Waals surface area contributed by atoms with Gasteiger partial charge >= 0.3 is 0 Å². The minimum absolute atomic E-state index is 0.441. The fraction of sp³-hybridized carbons (Fsp3) is 0.286. The Balaban J connectivity index is 2.50. The molecule has 2 rings (SSSR count). The molecule has 100 valence electrons. The topological polar surface area (TPSA) is 60.9 Å². The quantitative estimate of drug-likeness (QED) is 0.941. The average molecular weight is 322 g/mol. The summed E-state index contributed by atoms with van der Waals surface area (Å²) in [7, 11) is 0. The van der Waals surface area contributed by atoms with Crippen molar-refractivity contribution < 1.29 is 4.79 Å². The van der Waals surface area contributed by atoms with Crippen LogP contribution >= 0.6 is 15.9 Å². The van der Waals surface area contributed by atoms with Gasteiger partial charge in [0, 0.05) is 10.2 Å². The van der Waals surface area contributed by atoms with Crippen LogP contribution in [0.1, 0.15) is 35.6 Å². The number of rotatable bonds is 4. The number of nitrogens with two attached hydrogens (primary N) is 1. The summed E-state index contributed by atoms with van der Waals surface area (Å²) in [6.45, 7) is 4.18. The van der Waals surface area contributed by atoms with Crippen molar-refractivity contribution in [2.75, 3.05) is 0 Å². The minimum Gasteiger partial charge on any atom is -0.366 e. The zero-order valence-corrected chi connectivity index (χ0v) is 12.6. The molecule has 19 heavy (non-hydrogen) atoms. The van der Waals surface area contributed by atoms with Crippen LogP contribution in [-0.2, 0) is 12.8 Å². The van der Waals surface area contributed by atoms with Gasteiger partial charge in [0.1, 0.15) is 0 Å². The fourth-order valence-corrected chi connectivity index (χ4v) is 2.52. The van der Waals surface area contributed by atoms with E-state index in [2.05, 4.69) is 40.9 Å². The zero-order valence-electron chi connectivity index (χ0n) is 11.0. The standard InChI is InChI=1S/C14H16BrN3O/c1-3-9-7-10(4-2)18(17-9)11-5-6-12(14(16)19)13(15)8-11/h5-8H,3-4H2,1-2H3,(H2,16,19). The summed E-state index contributed by atoms with van der Waals surface area (Å²) < 4.78 is 2.60. The van der Waals surface area contributed by atoms with Crippen molar-refractivity contribution in [3.63, 3.8) is 0 Å². The highest BCUT2D eigenvalue weighted by atomic mass is 79.9. The fourth-order valence-electron chi connectivity index (χ4n) is 1.96. The summed E-state index contributed by atoms with van der Waals surface area (Å²) >= 11 is 3.37. The van der Waals surface area contributed by atoms with Crippen LogP contribution in [0, 0.1) is 0 Å². The highest BCUT2D eigenvalue weighted by molar-refractivity contribution is 9.10. The molecule has 0 saturated carbocycles. The number of hydrogen-bond donors (Lipinski definition) is 1. The summed E-state index contributed by atoms with van der Waals surface area (Å²) in [6.07, 6.45) is 1.81. The van der Waals surface area contributed by atoms with E-state index in [0.29, 0.717) is 10.0 Å². The molecule has 0 fully saturated rings. The molecule has 0 aliphatic carbocycles. The SMILES string of the molecule is CCc1cc(CC)n(-c2ccc(C(N)=O)c(Br)c2)n1. The maximum absolute atomic E-state index is 11.2. The molecule has 0 atom stereocenters. The average Bonchev–Trinajstić information content (AvgIpc) is 2.81. The van der Waals surface area contributed by atoms with Crippen LogP contribution in [0.25, 0.3) is 5.69 Å². The summed E-state index contributed by atoms with van der Waals surface area (Å²) in [4.78, 5) is 11.2. The molecule has 1 aromatic carbocycles. The third-order valence-electron chi connectivity index (χ3n) is 3.02. The first-order chi connectivity index (χ1) is 9.06. The minimum atomic E-state index is -0.441. The van der Waals surface area contributed by atoms with E-state index in [1.807, 2.05) is 16.8 Å². The van der Waals surface area contributed by atoms with Crippen LogP contribution in [0.2, 0.25) is 0 Å². The van der Waals surface area contributed by atoms with Gasteiger partial charge in [-0.25, -0.2) is 4.68 Å². The number of aromatic nitrogens is 2. The maximum Gasteiger partial charge on any atom is 0.249 e.